The molecule has 0 aliphatic carbocycles. The molecule has 0 amide bonds. The maximum atomic E-state index is 12.4. The molecule has 27 heavy (non-hydrogen) atoms. The second-order valence-electron chi connectivity index (χ2n) is 6.60. The van der Waals surface area contributed by atoms with E-state index in [9.17, 15) is 13.2 Å². The monoisotopic (exact) mass is 401 g/mol. The van der Waals surface area contributed by atoms with Gasteiger partial charge < -0.3 is 4.57 Å². The van der Waals surface area contributed by atoms with Crippen molar-refractivity contribution in [1.29, 1.82) is 0 Å². The van der Waals surface area contributed by atoms with Gasteiger partial charge in [0.2, 0.25) is 0 Å². The molecule has 0 saturated carbocycles. The highest BCUT2D eigenvalue weighted by molar-refractivity contribution is 7.92. The van der Waals surface area contributed by atoms with Gasteiger partial charge in [-0.3, -0.25) is 0 Å². The molecule has 0 atom stereocenters. The number of carbonyl (C=O) groups excluding carboxylic acids is 1. The molecule has 0 radical (unpaired) electrons. The predicted octanol–water partition coefficient (Wildman–Crippen LogP) is 3.88. The van der Waals surface area contributed by atoms with Crippen LogP contribution in [0.15, 0.2) is 57.7 Å². The van der Waals surface area contributed by atoms with Crippen LogP contribution in [0, 0.1) is 5.92 Å². The van der Waals surface area contributed by atoms with E-state index in [2.05, 4.69) is 23.2 Å². The molecule has 0 N–H and O–H groups in total. The van der Waals surface area contributed by atoms with Crippen LogP contribution in [0.25, 0.3) is 11.1 Å². The first-order chi connectivity index (χ1) is 12.9. The first kappa shape index (κ1) is 19.2. The lowest BCUT2D eigenvalue weighted by atomic mass is 10.0. The van der Waals surface area contributed by atoms with Gasteiger partial charge in [-0.1, -0.05) is 42.5 Å². The van der Waals surface area contributed by atoms with Crippen molar-refractivity contribution < 1.29 is 13.2 Å². The van der Waals surface area contributed by atoms with Crippen molar-refractivity contribution in [2.24, 2.45) is 10.3 Å². The standard InChI is InChI=1S/C19H19N3O3S2/c1-14(2)9-17-10-18(19(26-17)27(24,25)21-13-23)16-5-3-15(4-6-16)11-22-8-7-20-12-22/h3-8,10,12,14H,9,11H2,1-2H3. The minimum atomic E-state index is -4.05. The van der Waals surface area contributed by atoms with E-state index in [-0.39, 0.29) is 4.21 Å². The highest BCUT2D eigenvalue weighted by Gasteiger charge is 2.23. The van der Waals surface area contributed by atoms with Gasteiger partial charge in [0.25, 0.3) is 6.08 Å². The average Bonchev–Trinajstić information content (AvgIpc) is 3.25. The molecule has 3 aromatic rings. The summed E-state index contributed by atoms with van der Waals surface area (Å²) in [5.74, 6) is 0.388. The third-order valence-electron chi connectivity index (χ3n) is 3.94. The topological polar surface area (TPSA) is 81.4 Å². The number of benzene rings is 1. The van der Waals surface area contributed by atoms with E-state index in [1.165, 1.54) is 0 Å². The molecular weight excluding hydrogens is 382 g/mol. The molecule has 2 aromatic heterocycles. The van der Waals surface area contributed by atoms with E-state index in [0.29, 0.717) is 18.0 Å². The Morgan fingerprint density at radius 2 is 2.00 bits per heavy atom. The molecule has 0 fully saturated rings. The smallest absolute Gasteiger partial charge is 0.302 e. The fourth-order valence-electron chi connectivity index (χ4n) is 2.79. The normalized spacial score (nSPS) is 11.5. The van der Waals surface area contributed by atoms with Crippen LogP contribution in [-0.4, -0.2) is 24.0 Å². The van der Waals surface area contributed by atoms with Crippen molar-refractivity contribution in [2.45, 2.75) is 31.0 Å². The Morgan fingerprint density at radius 1 is 1.26 bits per heavy atom. The van der Waals surface area contributed by atoms with Gasteiger partial charge in [-0.15, -0.1) is 11.3 Å². The minimum Gasteiger partial charge on any atom is -0.333 e. The maximum absolute atomic E-state index is 12.4. The Morgan fingerprint density at radius 3 is 2.59 bits per heavy atom. The van der Waals surface area contributed by atoms with Gasteiger partial charge in [0.05, 0.1) is 6.33 Å². The predicted molar refractivity (Wildman–Crippen MR) is 105 cm³/mol. The number of hydrogen-bond acceptors (Lipinski definition) is 5. The van der Waals surface area contributed by atoms with Gasteiger partial charge in [-0.2, -0.15) is 8.42 Å². The molecule has 1 aromatic carbocycles. The maximum Gasteiger partial charge on any atom is 0.302 e. The summed E-state index contributed by atoms with van der Waals surface area (Å²) in [6.07, 6.45) is 7.26. The summed E-state index contributed by atoms with van der Waals surface area (Å²) in [4.78, 5) is 15.5. The number of thiophene rings is 1. The summed E-state index contributed by atoms with van der Waals surface area (Å²) in [5, 5.41) is 0. The number of isocyanates is 1. The molecule has 0 aliphatic rings. The van der Waals surface area contributed by atoms with Gasteiger partial charge in [0, 0.05) is 29.4 Å². The van der Waals surface area contributed by atoms with Crippen LogP contribution in [-0.2, 0) is 27.8 Å². The molecule has 140 valence electrons. The molecule has 0 saturated heterocycles. The molecule has 0 spiro atoms. The van der Waals surface area contributed by atoms with Crippen LogP contribution in [0.3, 0.4) is 0 Å². The molecule has 3 rings (SSSR count). The summed E-state index contributed by atoms with van der Waals surface area (Å²) in [5.41, 5.74) is 2.42. The highest BCUT2D eigenvalue weighted by Crippen LogP contribution is 2.37. The van der Waals surface area contributed by atoms with Gasteiger partial charge >= 0.3 is 10.0 Å². The number of aromatic nitrogens is 2. The van der Waals surface area contributed by atoms with Crippen molar-refractivity contribution in [1.82, 2.24) is 9.55 Å². The van der Waals surface area contributed by atoms with Gasteiger partial charge in [0.15, 0.2) is 4.21 Å². The van der Waals surface area contributed by atoms with Crippen molar-refractivity contribution >= 4 is 27.4 Å². The zero-order valence-corrected chi connectivity index (χ0v) is 16.6. The fourth-order valence-corrected chi connectivity index (χ4v) is 5.40. The van der Waals surface area contributed by atoms with Crippen LogP contribution in [0.2, 0.25) is 0 Å². The van der Waals surface area contributed by atoms with E-state index < -0.39 is 10.0 Å². The Balaban J connectivity index is 1.99. The second kappa shape index (κ2) is 8.00. The van der Waals surface area contributed by atoms with Crippen LogP contribution in [0.4, 0.5) is 0 Å². The number of hydrogen-bond donors (Lipinski definition) is 0. The van der Waals surface area contributed by atoms with E-state index in [0.717, 1.165) is 39.8 Å². The molecule has 6 nitrogen and oxygen atoms in total. The van der Waals surface area contributed by atoms with E-state index >= 15 is 0 Å². The second-order valence-corrected chi connectivity index (χ2v) is 9.54. The molecular formula is C19H19N3O3S2. The molecule has 0 aliphatic heterocycles. The highest BCUT2D eigenvalue weighted by atomic mass is 32.2. The van der Waals surface area contributed by atoms with Crippen molar-refractivity contribution in [2.75, 3.05) is 0 Å². The summed E-state index contributed by atoms with van der Waals surface area (Å²) in [6, 6.07) is 9.56. The van der Waals surface area contributed by atoms with E-state index in [1.54, 1.807) is 12.5 Å². The van der Waals surface area contributed by atoms with Crippen LogP contribution in [0.5, 0.6) is 0 Å². The van der Waals surface area contributed by atoms with Gasteiger partial charge in [0.1, 0.15) is 0 Å². The number of rotatable bonds is 7. The Labute approximate surface area is 162 Å². The van der Waals surface area contributed by atoms with Crippen LogP contribution < -0.4 is 0 Å². The summed E-state index contributed by atoms with van der Waals surface area (Å²) >= 11 is 1.16. The molecule has 0 bridgehead atoms. The van der Waals surface area contributed by atoms with E-state index in [1.807, 2.05) is 41.1 Å². The molecule has 0 unspecified atom stereocenters. The molecule has 8 heteroatoms. The number of nitrogens with zero attached hydrogens (tertiary/aromatic N) is 3. The quantitative estimate of drug-likeness (QED) is 0.444. The summed E-state index contributed by atoms with van der Waals surface area (Å²) in [6.45, 7) is 4.83. The third-order valence-corrected chi connectivity index (χ3v) is 6.78. The zero-order valence-electron chi connectivity index (χ0n) is 15.0. The van der Waals surface area contributed by atoms with Crippen molar-refractivity contribution in [3.63, 3.8) is 0 Å². The first-order valence-corrected chi connectivity index (χ1v) is 10.7. The Bertz CT molecular complexity index is 1060. The van der Waals surface area contributed by atoms with Crippen LogP contribution in [0.1, 0.15) is 24.3 Å². The lowest BCUT2D eigenvalue weighted by Crippen LogP contribution is -1.97. The Kier molecular flexibility index (Phi) is 5.70. The number of sulfonamides is 1. The lowest BCUT2D eigenvalue weighted by Gasteiger charge is -2.05. The summed E-state index contributed by atoms with van der Waals surface area (Å²) in [7, 11) is -4.05. The molecule has 2 heterocycles. The first-order valence-electron chi connectivity index (χ1n) is 8.41. The van der Waals surface area contributed by atoms with Gasteiger partial charge in [-0.25, -0.2) is 9.78 Å². The lowest BCUT2D eigenvalue weighted by molar-refractivity contribution is 0.564. The van der Waals surface area contributed by atoms with Crippen molar-refractivity contribution in [3.8, 4) is 11.1 Å². The SMILES string of the molecule is CC(C)Cc1cc(-c2ccc(Cn3ccnc3)cc2)c(S(=O)(=O)N=C=O)s1. The average molecular weight is 402 g/mol. The minimum absolute atomic E-state index is 0.0869. The largest absolute Gasteiger partial charge is 0.333 e. The van der Waals surface area contributed by atoms with E-state index in [4.69, 9.17) is 0 Å². The summed E-state index contributed by atoms with van der Waals surface area (Å²) < 4.78 is 29.8. The van der Waals surface area contributed by atoms with Crippen molar-refractivity contribution in [3.05, 3.63) is 59.5 Å². The fraction of sp³-hybridized carbons (Fsp3) is 0.263. The number of imidazole rings is 1. The van der Waals surface area contributed by atoms with Gasteiger partial charge in [-0.05, 0) is 29.5 Å². The third kappa shape index (κ3) is 4.60. The van der Waals surface area contributed by atoms with Crippen LogP contribution >= 0.6 is 11.3 Å². The zero-order chi connectivity index (χ0) is 19.4. The Hall–Kier alpha value is -2.54.